The molecular formula is C22H29N7O3. The Balaban J connectivity index is 1.62. The van der Waals surface area contributed by atoms with Gasteiger partial charge in [-0.1, -0.05) is 6.07 Å². The largest absolute Gasteiger partial charge is 0.444 e. The van der Waals surface area contributed by atoms with E-state index in [0.717, 1.165) is 22.6 Å². The van der Waals surface area contributed by atoms with Crippen LogP contribution in [0.1, 0.15) is 55.7 Å². The van der Waals surface area contributed by atoms with Crippen molar-refractivity contribution in [2.45, 2.75) is 66.2 Å². The van der Waals surface area contributed by atoms with Crippen LogP contribution in [0.15, 0.2) is 24.4 Å². The molecule has 170 valence electrons. The smallest absolute Gasteiger partial charge is 0.408 e. The Hall–Kier alpha value is -3.56. The number of ether oxygens (including phenoxy) is 1. The fourth-order valence-corrected chi connectivity index (χ4v) is 3.17. The molecule has 3 aromatic heterocycles. The van der Waals surface area contributed by atoms with Gasteiger partial charge in [-0.2, -0.15) is 4.98 Å². The molecule has 3 heterocycles. The number of aromatic nitrogens is 5. The van der Waals surface area contributed by atoms with Crippen LogP contribution in [0.3, 0.4) is 0 Å². The number of aryl methyl sites for hydroxylation is 2. The molecule has 0 saturated heterocycles. The van der Waals surface area contributed by atoms with E-state index in [2.05, 4.69) is 30.7 Å². The first-order chi connectivity index (χ1) is 15.1. The minimum Gasteiger partial charge on any atom is -0.444 e. The third-order valence-electron chi connectivity index (χ3n) is 4.68. The lowest BCUT2D eigenvalue weighted by Crippen LogP contribution is -2.32. The van der Waals surface area contributed by atoms with Gasteiger partial charge in [0.25, 0.3) is 5.78 Å². The maximum absolute atomic E-state index is 12.3. The summed E-state index contributed by atoms with van der Waals surface area (Å²) >= 11 is 0. The molecule has 0 fully saturated rings. The second-order valence-corrected chi connectivity index (χ2v) is 8.45. The Bertz CT molecular complexity index is 1100. The summed E-state index contributed by atoms with van der Waals surface area (Å²) < 4.78 is 6.87. The van der Waals surface area contributed by atoms with Gasteiger partial charge in [-0.05, 0) is 58.7 Å². The number of carbonyl (C=O) groups excluding carboxylic acids is 2. The van der Waals surface area contributed by atoms with Crippen molar-refractivity contribution in [1.82, 2.24) is 35.2 Å². The van der Waals surface area contributed by atoms with E-state index in [1.807, 2.05) is 32.0 Å². The van der Waals surface area contributed by atoms with E-state index in [-0.39, 0.29) is 12.5 Å². The highest BCUT2D eigenvalue weighted by molar-refractivity contribution is 5.76. The average Bonchev–Trinajstić information content (AvgIpc) is 3.13. The number of alkyl carbamates (subject to hydrolysis) is 1. The number of nitrogens with one attached hydrogen (secondary N) is 2. The van der Waals surface area contributed by atoms with Crippen molar-refractivity contribution in [2.75, 3.05) is 0 Å². The van der Waals surface area contributed by atoms with Crippen molar-refractivity contribution in [3.8, 4) is 0 Å². The zero-order valence-corrected chi connectivity index (χ0v) is 19.1. The Morgan fingerprint density at radius 3 is 2.56 bits per heavy atom. The summed E-state index contributed by atoms with van der Waals surface area (Å²) in [4.78, 5) is 37.2. The number of hydrogen-bond donors (Lipinski definition) is 2. The van der Waals surface area contributed by atoms with Gasteiger partial charge in [0.1, 0.15) is 5.60 Å². The molecule has 0 aromatic carbocycles. The Morgan fingerprint density at radius 2 is 1.88 bits per heavy atom. The van der Waals surface area contributed by atoms with Crippen LogP contribution in [0.25, 0.3) is 5.78 Å². The molecular weight excluding hydrogens is 410 g/mol. The number of carbonyl (C=O) groups is 2. The van der Waals surface area contributed by atoms with Crippen LogP contribution in [0.4, 0.5) is 4.79 Å². The highest BCUT2D eigenvalue weighted by atomic mass is 16.6. The second-order valence-electron chi connectivity index (χ2n) is 8.45. The molecule has 3 rings (SSSR count). The first-order valence-electron chi connectivity index (χ1n) is 10.5. The van der Waals surface area contributed by atoms with E-state index in [1.165, 1.54) is 0 Å². The zero-order chi connectivity index (χ0) is 23.3. The highest BCUT2D eigenvalue weighted by Crippen LogP contribution is 2.16. The fourth-order valence-electron chi connectivity index (χ4n) is 3.17. The molecule has 3 aromatic rings. The van der Waals surface area contributed by atoms with Gasteiger partial charge < -0.3 is 15.4 Å². The molecule has 10 nitrogen and oxygen atoms in total. The van der Waals surface area contributed by atoms with Crippen LogP contribution in [0.2, 0.25) is 0 Å². The van der Waals surface area contributed by atoms with Crippen molar-refractivity contribution in [1.29, 1.82) is 0 Å². The predicted octanol–water partition coefficient (Wildman–Crippen LogP) is 2.41. The molecule has 0 aliphatic heterocycles. The van der Waals surface area contributed by atoms with Gasteiger partial charge in [0.05, 0.1) is 18.8 Å². The van der Waals surface area contributed by atoms with Gasteiger partial charge in [0.15, 0.2) is 5.82 Å². The van der Waals surface area contributed by atoms with Crippen molar-refractivity contribution in [2.24, 2.45) is 0 Å². The molecule has 0 atom stereocenters. The molecule has 0 spiro atoms. The standard InChI is InChI=1S/C22H29N7O3/c1-14-17(9-10-19(30)24-12-16-8-6-7-11-23-16)15(2)29-20(26-14)27-18(28-29)13-25-21(31)32-22(3,4)5/h6-8,11H,9-10,12-13H2,1-5H3,(H,24,30)(H,25,31). The molecule has 2 N–H and O–H groups in total. The molecule has 0 radical (unpaired) electrons. The number of pyridine rings is 1. The van der Waals surface area contributed by atoms with E-state index >= 15 is 0 Å². The number of hydrogen-bond acceptors (Lipinski definition) is 7. The number of fused-ring (bicyclic) bond motifs is 1. The minimum atomic E-state index is -0.579. The first kappa shape index (κ1) is 23.1. The zero-order valence-electron chi connectivity index (χ0n) is 19.1. The molecule has 2 amide bonds. The third kappa shape index (κ3) is 6.22. The quantitative estimate of drug-likeness (QED) is 0.579. The van der Waals surface area contributed by atoms with Crippen LogP contribution in [0, 0.1) is 13.8 Å². The maximum Gasteiger partial charge on any atom is 0.408 e. The number of nitrogens with zero attached hydrogens (tertiary/aromatic N) is 5. The van der Waals surface area contributed by atoms with Crippen molar-refractivity contribution in [3.05, 3.63) is 52.9 Å². The normalized spacial score (nSPS) is 11.4. The summed E-state index contributed by atoms with van der Waals surface area (Å²) in [5.41, 5.74) is 2.84. The van der Waals surface area contributed by atoms with Crippen molar-refractivity contribution < 1.29 is 14.3 Å². The van der Waals surface area contributed by atoms with Gasteiger partial charge >= 0.3 is 6.09 Å². The Kier molecular flexibility index (Phi) is 7.01. The minimum absolute atomic E-state index is 0.0598. The van der Waals surface area contributed by atoms with E-state index in [4.69, 9.17) is 4.74 Å². The van der Waals surface area contributed by atoms with Crippen LogP contribution >= 0.6 is 0 Å². The van der Waals surface area contributed by atoms with Gasteiger partial charge in [0, 0.05) is 24.0 Å². The van der Waals surface area contributed by atoms with Gasteiger partial charge in [-0.25, -0.2) is 14.3 Å². The van der Waals surface area contributed by atoms with Crippen molar-refractivity contribution in [3.63, 3.8) is 0 Å². The lowest BCUT2D eigenvalue weighted by atomic mass is 10.1. The van der Waals surface area contributed by atoms with E-state index in [1.54, 1.807) is 31.5 Å². The summed E-state index contributed by atoms with van der Waals surface area (Å²) in [5, 5.41) is 9.98. The van der Waals surface area contributed by atoms with Gasteiger partial charge in [0.2, 0.25) is 5.91 Å². The highest BCUT2D eigenvalue weighted by Gasteiger charge is 2.18. The molecule has 0 aliphatic rings. The van der Waals surface area contributed by atoms with Crippen LogP contribution in [-0.4, -0.2) is 42.2 Å². The van der Waals surface area contributed by atoms with E-state index in [9.17, 15) is 9.59 Å². The summed E-state index contributed by atoms with van der Waals surface area (Å²) in [7, 11) is 0. The average molecular weight is 440 g/mol. The first-order valence-corrected chi connectivity index (χ1v) is 10.5. The maximum atomic E-state index is 12.3. The SMILES string of the molecule is Cc1nc2nc(CNC(=O)OC(C)(C)C)nn2c(C)c1CCC(=O)NCc1ccccn1. The van der Waals surface area contributed by atoms with Crippen LogP contribution in [0.5, 0.6) is 0 Å². The van der Waals surface area contributed by atoms with Gasteiger partial charge in [-0.15, -0.1) is 5.10 Å². The van der Waals surface area contributed by atoms with Gasteiger partial charge in [-0.3, -0.25) is 9.78 Å². The fraction of sp³-hybridized carbons (Fsp3) is 0.455. The summed E-state index contributed by atoms with van der Waals surface area (Å²) in [6, 6.07) is 5.59. The predicted molar refractivity (Wildman–Crippen MR) is 118 cm³/mol. The summed E-state index contributed by atoms with van der Waals surface area (Å²) in [6.45, 7) is 9.72. The molecule has 0 bridgehead atoms. The second kappa shape index (κ2) is 9.71. The Morgan fingerprint density at radius 1 is 1.09 bits per heavy atom. The van der Waals surface area contributed by atoms with E-state index < -0.39 is 11.7 Å². The number of rotatable bonds is 7. The topological polar surface area (TPSA) is 123 Å². The summed E-state index contributed by atoms with van der Waals surface area (Å²) in [6.07, 6.45) is 2.02. The lowest BCUT2D eigenvalue weighted by Gasteiger charge is -2.19. The van der Waals surface area contributed by atoms with Crippen LogP contribution < -0.4 is 10.6 Å². The molecule has 0 aliphatic carbocycles. The molecule has 10 heteroatoms. The van der Waals surface area contributed by atoms with Crippen LogP contribution in [-0.2, 0) is 29.0 Å². The third-order valence-corrected chi connectivity index (χ3v) is 4.68. The Labute approximate surface area is 186 Å². The molecule has 0 saturated carbocycles. The summed E-state index contributed by atoms with van der Waals surface area (Å²) in [5.74, 6) is 0.816. The van der Waals surface area contributed by atoms with E-state index in [0.29, 0.717) is 31.0 Å². The monoisotopic (exact) mass is 439 g/mol. The van der Waals surface area contributed by atoms with Crippen molar-refractivity contribution >= 4 is 17.8 Å². The number of amides is 2. The molecule has 32 heavy (non-hydrogen) atoms. The molecule has 0 unspecified atom stereocenters. The lowest BCUT2D eigenvalue weighted by molar-refractivity contribution is -0.121.